The van der Waals surface area contributed by atoms with Crippen molar-refractivity contribution in [3.8, 4) is 6.07 Å². The van der Waals surface area contributed by atoms with Gasteiger partial charge in [0, 0.05) is 11.3 Å². The first-order valence-electron chi connectivity index (χ1n) is 8.37. The third kappa shape index (κ3) is 4.85. The van der Waals surface area contributed by atoms with E-state index in [1.807, 2.05) is 0 Å². The van der Waals surface area contributed by atoms with Gasteiger partial charge in [-0.2, -0.15) is 5.26 Å². The normalized spacial score (nSPS) is 11.0. The van der Waals surface area contributed by atoms with Crippen molar-refractivity contribution in [2.24, 2.45) is 0 Å². The molecule has 0 aliphatic rings. The molecule has 0 spiro atoms. The minimum atomic E-state index is -3.80. The summed E-state index contributed by atoms with van der Waals surface area (Å²) < 4.78 is 32.4. The fraction of sp³-hybridized carbons (Fsp3) is 0.100. The fourth-order valence-corrected chi connectivity index (χ4v) is 3.51. The van der Waals surface area contributed by atoms with Gasteiger partial charge in [-0.1, -0.05) is 18.2 Å². The molecule has 7 nitrogen and oxygen atoms in total. The molecule has 0 aliphatic carbocycles. The molecule has 0 fully saturated rings. The van der Waals surface area contributed by atoms with Crippen molar-refractivity contribution in [2.45, 2.75) is 17.9 Å². The van der Waals surface area contributed by atoms with Crippen LogP contribution in [0.5, 0.6) is 0 Å². The Morgan fingerprint density at radius 3 is 2.54 bits per heavy atom. The lowest BCUT2D eigenvalue weighted by atomic mass is 10.1. The summed E-state index contributed by atoms with van der Waals surface area (Å²) in [7, 11) is -3.80. The van der Waals surface area contributed by atoms with E-state index < -0.39 is 15.9 Å². The van der Waals surface area contributed by atoms with E-state index in [1.54, 1.807) is 36.4 Å². The van der Waals surface area contributed by atoms with Crippen molar-refractivity contribution in [3.63, 3.8) is 0 Å². The zero-order valence-electron chi connectivity index (χ0n) is 14.8. The number of rotatable bonds is 7. The molecule has 142 valence electrons. The maximum absolute atomic E-state index is 12.5. The van der Waals surface area contributed by atoms with Gasteiger partial charge in [0.25, 0.3) is 5.91 Å². The standard InChI is InChI=1S/C20H17N3O4S/c21-11-10-15-6-8-17(9-7-15)23-20(24)16-3-1-5-19(13-16)28(25,26)22-14-18-4-2-12-27-18/h1-9,12-13,22H,10,14H2,(H,23,24). The van der Waals surface area contributed by atoms with Crippen molar-refractivity contribution >= 4 is 21.6 Å². The van der Waals surface area contributed by atoms with Gasteiger partial charge in [-0.15, -0.1) is 0 Å². The average molecular weight is 395 g/mol. The molecule has 3 rings (SSSR count). The Balaban J connectivity index is 1.71. The Morgan fingerprint density at radius 1 is 1.07 bits per heavy atom. The van der Waals surface area contributed by atoms with E-state index in [4.69, 9.17) is 9.68 Å². The van der Waals surface area contributed by atoms with Gasteiger partial charge in [-0.25, -0.2) is 13.1 Å². The van der Waals surface area contributed by atoms with Crippen LogP contribution in [0, 0.1) is 11.3 Å². The van der Waals surface area contributed by atoms with E-state index in [9.17, 15) is 13.2 Å². The SMILES string of the molecule is N#CCc1ccc(NC(=O)c2cccc(S(=O)(=O)NCc3ccco3)c2)cc1. The predicted molar refractivity (Wildman–Crippen MR) is 103 cm³/mol. The molecule has 0 unspecified atom stereocenters. The van der Waals surface area contributed by atoms with E-state index in [-0.39, 0.29) is 17.0 Å². The number of sulfonamides is 1. The van der Waals surface area contributed by atoms with Crippen molar-refractivity contribution in [1.82, 2.24) is 4.72 Å². The number of anilines is 1. The Kier molecular flexibility index (Phi) is 5.89. The average Bonchev–Trinajstić information content (AvgIpc) is 3.22. The molecule has 2 aromatic carbocycles. The van der Waals surface area contributed by atoms with Gasteiger partial charge in [0.1, 0.15) is 5.76 Å². The summed E-state index contributed by atoms with van der Waals surface area (Å²) in [4.78, 5) is 12.4. The third-order valence-corrected chi connectivity index (χ3v) is 5.32. The molecule has 0 saturated carbocycles. The highest BCUT2D eigenvalue weighted by atomic mass is 32.2. The lowest BCUT2D eigenvalue weighted by Gasteiger charge is -2.09. The Morgan fingerprint density at radius 2 is 1.86 bits per heavy atom. The lowest BCUT2D eigenvalue weighted by Crippen LogP contribution is -2.23. The van der Waals surface area contributed by atoms with Crippen LogP contribution in [-0.4, -0.2) is 14.3 Å². The maximum atomic E-state index is 12.5. The number of hydrogen-bond acceptors (Lipinski definition) is 5. The van der Waals surface area contributed by atoms with Gasteiger partial charge in [0.2, 0.25) is 10.0 Å². The highest BCUT2D eigenvalue weighted by Crippen LogP contribution is 2.15. The Labute approximate surface area is 162 Å². The molecule has 1 amide bonds. The molecule has 1 aromatic heterocycles. The summed E-state index contributed by atoms with van der Waals surface area (Å²) in [5.74, 6) is 0.0495. The second-order valence-electron chi connectivity index (χ2n) is 5.92. The van der Waals surface area contributed by atoms with E-state index in [0.29, 0.717) is 17.9 Å². The zero-order chi connectivity index (χ0) is 20.0. The van der Waals surface area contributed by atoms with Crippen LogP contribution in [0.4, 0.5) is 5.69 Å². The van der Waals surface area contributed by atoms with Crippen LogP contribution in [0.3, 0.4) is 0 Å². The number of nitrogens with one attached hydrogen (secondary N) is 2. The minimum Gasteiger partial charge on any atom is -0.468 e. The molecule has 2 N–H and O–H groups in total. The van der Waals surface area contributed by atoms with Gasteiger partial charge in [-0.3, -0.25) is 4.79 Å². The van der Waals surface area contributed by atoms with Gasteiger partial charge in [-0.05, 0) is 48.0 Å². The highest BCUT2D eigenvalue weighted by molar-refractivity contribution is 7.89. The minimum absolute atomic E-state index is 0.0147. The number of benzene rings is 2. The van der Waals surface area contributed by atoms with Crippen molar-refractivity contribution in [2.75, 3.05) is 5.32 Å². The quantitative estimate of drug-likeness (QED) is 0.638. The number of hydrogen-bond donors (Lipinski definition) is 2. The van der Waals surface area contributed by atoms with Crippen LogP contribution in [-0.2, 0) is 23.0 Å². The number of furan rings is 1. The van der Waals surface area contributed by atoms with E-state index in [1.165, 1.54) is 30.5 Å². The third-order valence-electron chi connectivity index (χ3n) is 3.92. The number of nitrogens with zero attached hydrogens (tertiary/aromatic N) is 1. The first-order valence-corrected chi connectivity index (χ1v) is 9.85. The van der Waals surface area contributed by atoms with Gasteiger partial charge in [0.15, 0.2) is 0 Å². The summed E-state index contributed by atoms with van der Waals surface area (Å²) in [6.07, 6.45) is 1.75. The predicted octanol–water partition coefficient (Wildman–Crippen LogP) is 3.08. The van der Waals surface area contributed by atoms with Crippen molar-refractivity contribution in [1.29, 1.82) is 5.26 Å². The van der Waals surface area contributed by atoms with E-state index in [0.717, 1.165) is 5.56 Å². The highest BCUT2D eigenvalue weighted by Gasteiger charge is 2.17. The summed E-state index contributed by atoms with van der Waals surface area (Å²) in [6.45, 7) is 0.0147. The topological polar surface area (TPSA) is 112 Å². The molecule has 3 aromatic rings. The summed E-state index contributed by atoms with van der Waals surface area (Å²) in [5, 5.41) is 11.4. The molecular weight excluding hydrogens is 378 g/mol. The summed E-state index contributed by atoms with van der Waals surface area (Å²) >= 11 is 0. The van der Waals surface area contributed by atoms with Crippen LogP contribution in [0.25, 0.3) is 0 Å². The second kappa shape index (κ2) is 8.52. The molecule has 0 radical (unpaired) electrons. The number of amides is 1. The molecule has 8 heteroatoms. The first-order chi connectivity index (χ1) is 13.5. The smallest absolute Gasteiger partial charge is 0.255 e. The Bertz CT molecular complexity index is 1100. The van der Waals surface area contributed by atoms with Crippen molar-refractivity contribution in [3.05, 3.63) is 83.8 Å². The Hall–Kier alpha value is -3.41. The molecular formula is C20H17N3O4S. The fourth-order valence-electron chi connectivity index (χ4n) is 2.47. The van der Waals surface area contributed by atoms with E-state index >= 15 is 0 Å². The number of nitriles is 1. The summed E-state index contributed by atoms with van der Waals surface area (Å²) in [6, 6.07) is 18.0. The van der Waals surface area contributed by atoms with Crippen molar-refractivity contribution < 1.29 is 17.6 Å². The largest absolute Gasteiger partial charge is 0.468 e. The molecule has 0 bridgehead atoms. The second-order valence-corrected chi connectivity index (χ2v) is 7.68. The van der Waals surface area contributed by atoms with Crippen LogP contribution >= 0.6 is 0 Å². The van der Waals surface area contributed by atoms with Crippen LogP contribution in [0.15, 0.2) is 76.2 Å². The molecule has 0 atom stereocenters. The van der Waals surface area contributed by atoms with E-state index in [2.05, 4.69) is 16.1 Å². The zero-order valence-corrected chi connectivity index (χ0v) is 15.6. The lowest BCUT2D eigenvalue weighted by molar-refractivity contribution is 0.102. The number of carbonyl (C=O) groups is 1. The summed E-state index contributed by atoms with van der Waals surface area (Å²) in [5.41, 5.74) is 1.61. The van der Waals surface area contributed by atoms with Gasteiger partial charge < -0.3 is 9.73 Å². The van der Waals surface area contributed by atoms with Gasteiger partial charge in [0.05, 0.1) is 30.2 Å². The molecule has 0 saturated heterocycles. The van der Waals surface area contributed by atoms with Gasteiger partial charge >= 0.3 is 0 Å². The van der Waals surface area contributed by atoms with Crippen LogP contribution in [0.2, 0.25) is 0 Å². The molecule has 28 heavy (non-hydrogen) atoms. The van der Waals surface area contributed by atoms with Crippen LogP contribution < -0.4 is 10.0 Å². The van der Waals surface area contributed by atoms with Crippen LogP contribution in [0.1, 0.15) is 21.7 Å². The number of carbonyl (C=O) groups excluding carboxylic acids is 1. The molecule has 0 aliphatic heterocycles. The first kappa shape index (κ1) is 19.4. The maximum Gasteiger partial charge on any atom is 0.255 e. The monoisotopic (exact) mass is 395 g/mol. The molecule has 1 heterocycles.